The van der Waals surface area contributed by atoms with Gasteiger partial charge in [-0.15, -0.1) is 0 Å². The lowest BCUT2D eigenvalue weighted by Gasteiger charge is -2.35. The van der Waals surface area contributed by atoms with E-state index in [0.29, 0.717) is 19.8 Å². The van der Waals surface area contributed by atoms with Gasteiger partial charge in [0, 0.05) is 30.5 Å². The molecule has 126 valence electrons. The Morgan fingerprint density at radius 3 is 2.70 bits per heavy atom. The molecule has 1 aliphatic heterocycles. The molecule has 0 bridgehead atoms. The van der Waals surface area contributed by atoms with Crippen molar-refractivity contribution < 1.29 is 14.3 Å². The van der Waals surface area contributed by atoms with Gasteiger partial charge in [0.2, 0.25) is 0 Å². The maximum absolute atomic E-state index is 12.0. The highest BCUT2D eigenvalue weighted by atomic mass is 35.5. The van der Waals surface area contributed by atoms with Crippen molar-refractivity contribution in [1.82, 2.24) is 10.6 Å². The van der Waals surface area contributed by atoms with Gasteiger partial charge in [0.25, 0.3) is 0 Å². The van der Waals surface area contributed by atoms with Gasteiger partial charge < -0.3 is 20.1 Å². The lowest BCUT2D eigenvalue weighted by atomic mass is 9.90. The molecular weight excluding hydrogens is 316 g/mol. The maximum Gasteiger partial charge on any atom is 0.315 e. The molecule has 6 heteroatoms. The number of carbonyl (C=O) groups is 1. The van der Waals surface area contributed by atoms with E-state index in [1.54, 1.807) is 0 Å². The van der Waals surface area contributed by atoms with Gasteiger partial charge in [0.15, 0.2) is 5.79 Å². The monoisotopic (exact) mass is 338 g/mol. The molecule has 0 unspecified atom stereocenters. The minimum absolute atomic E-state index is 0.110. The summed E-state index contributed by atoms with van der Waals surface area (Å²) in [5, 5.41) is 6.66. The van der Waals surface area contributed by atoms with Crippen LogP contribution in [0.25, 0.3) is 0 Å². The number of hydrogen-bond acceptors (Lipinski definition) is 3. The van der Waals surface area contributed by atoms with Crippen LogP contribution in [-0.4, -0.2) is 37.6 Å². The summed E-state index contributed by atoms with van der Waals surface area (Å²) in [4.78, 5) is 12.0. The van der Waals surface area contributed by atoms with Crippen LogP contribution in [0.4, 0.5) is 4.79 Å². The second-order valence-corrected chi connectivity index (χ2v) is 6.60. The lowest BCUT2D eigenvalue weighted by Crippen LogP contribution is -2.47. The zero-order chi connectivity index (χ0) is 16.1. The Morgan fingerprint density at radius 2 is 2.00 bits per heavy atom. The Bertz CT molecular complexity index is 536. The van der Waals surface area contributed by atoms with Gasteiger partial charge in [0.05, 0.1) is 13.2 Å². The van der Waals surface area contributed by atoms with Crippen molar-refractivity contribution in [3.8, 4) is 0 Å². The fourth-order valence-corrected chi connectivity index (χ4v) is 3.45. The highest BCUT2D eigenvalue weighted by Gasteiger charge is 2.40. The molecule has 2 amide bonds. The Hall–Kier alpha value is -1.30. The van der Waals surface area contributed by atoms with Gasteiger partial charge in [-0.05, 0) is 37.0 Å². The van der Waals surface area contributed by atoms with E-state index in [1.807, 2.05) is 24.3 Å². The highest BCUT2D eigenvalue weighted by Crippen LogP contribution is 2.35. The van der Waals surface area contributed by atoms with E-state index >= 15 is 0 Å². The first-order chi connectivity index (χ1) is 11.2. The minimum atomic E-state index is -0.374. The van der Waals surface area contributed by atoms with Crippen LogP contribution < -0.4 is 10.6 Å². The van der Waals surface area contributed by atoms with Crippen molar-refractivity contribution in [1.29, 1.82) is 0 Å². The van der Waals surface area contributed by atoms with Crippen LogP contribution in [0, 0.1) is 0 Å². The Morgan fingerprint density at radius 1 is 1.26 bits per heavy atom. The minimum Gasteiger partial charge on any atom is -0.348 e. The fraction of sp³-hybridized carbons (Fsp3) is 0.588. The van der Waals surface area contributed by atoms with Crippen molar-refractivity contribution in [2.75, 3.05) is 19.8 Å². The van der Waals surface area contributed by atoms with Gasteiger partial charge in [-0.25, -0.2) is 4.79 Å². The molecule has 23 heavy (non-hydrogen) atoms. The summed E-state index contributed by atoms with van der Waals surface area (Å²) in [6.45, 7) is 1.96. The average Bonchev–Trinajstić information content (AvgIpc) is 2.98. The largest absolute Gasteiger partial charge is 0.348 e. The number of benzene rings is 1. The van der Waals surface area contributed by atoms with E-state index in [4.69, 9.17) is 21.1 Å². The molecule has 5 nitrogen and oxygen atoms in total. The number of carbonyl (C=O) groups excluding carboxylic acids is 1. The molecule has 1 spiro atoms. The average molecular weight is 339 g/mol. The topological polar surface area (TPSA) is 59.6 Å². The molecule has 1 aromatic carbocycles. The first kappa shape index (κ1) is 16.6. The van der Waals surface area contributed by atoms with Crippen LogP contribution in [0.2, 0.25) is 5.02 Å². The fourth-order valence-electron chi connectivity index (χ4n) is 3.24. The Kier molecular flexibility index (Phi) is 5.41. The second-order valence-electron chi connectivity index (χ2n) is 6.16. The summed E-state index contributed by atoms with van der Waals surface area (Å²) >= 11 is 5.95. The number of rotatable bonds is 4. The van der Waals surface area contributed by atoms with Gasteiger partial charge >= 0.3 is 6.03 Å². The molecule has 0 aromatic heterocycles. The van der Waals surface area contributed by atoms with Crippen molar-refractivity contribution in [3.05, 3.63) is 34.9 Å². The predicted molar refractivity (Wildman–Crippen MR) is 88.6 cm³/mol. The molecule has 2 aliphatic rings. The van der Waals surface area contributed by atoms with Crippen LogP contribution in [0.15, 0.2) is 24.3 Å². The number of hydrogen-bond donors (Lipinski definition) is 2. The van der Waals surface area contributed by atoms with Crippen molar-refractivity contribution in [2.45, 2.75) is 43.9 Å². The number of urea groups is 1. The van der Waals surface area contributed by atoms with Crippen LogP contribution in [-0.2, 0) is 15.9 Å². The number of ether oxygens (including phenoxy) is 2. The van der Waals surface area contributed by atoms with E-state index in [2.05, 4.69) is 10.6 Å². The van der Waals surface area contributed by atoms with Gasteiger partial charge in [0.1, 0.15) is 0 Å². The van der Waals surface area contributed by atoms with Gasteiger partial charge in [-0.1, -0.05) is 23.7 Å². The van der Waals surface area contributed by atoms with E-state index in [1.165, 1.54) is 0 Å². The maximum atomic E-state index is 12.0. The van der Waals surface area contributed by atoms with Crippen molar-refractivity contribution in [3.63, 3.8) is 0 Å². The first-order valence-corrected chi connectivity index (χ1v) is 8.60. The predicted octanol–water partition coefficient (Wildman–Crippen LogP) is 2.87. The Labute approximate surface area is 141 Å². The number of halogens is 1. The molecule has 3 rings (SSSR count). The third-order valence-corrected chi connectivity index (χ3v) is 4.72. The van der Waals surface area contributed by atoms with Crippen LogP contribution in [0.1, 0.15) is 31.2 Å². The third kappa shape index (κ3) is 4.59. The summed E-state index contributed by atoms with van der Waals surface area (Å²) in [5.74, 6) is -0.374. The summed E-state index contributed by atoms with van der Waals surface area (Å²) in [7, 11) is 0. The number of amides is 2. The Balaban J connectivity index is 1.35. The molecular formula is C17H23ClN2O3. The first-order valence-electron chi connectivity index (χ1n) is 8.22. The smallest absolute Gasteiger partial charge is 0.315 e. The van der Waals surface area contributed by atoms with E-state index in [-0.39, 0.29) is 17.9 Å². The molecule has 1 aromatic rings. The molecule has 0 atom stereocenters. The normalized spacial score (nSPS) is 20.6. The zero-order valence-electron chi connectivity index (χ0n) is 13.1. The van der Waals surface area contributed by atoms with E-state index in [9.17, 15) is 4.79 Å². The lowest BCUT2D eigenvalue weighted by molar-refractivity contribution is -0.179. The quantitative estimate of drug-likeness (QED) is 0.887. The van der Waals surface area contributed by atoms with Crippen LogP contribution >= 0.6 is 11.6 Å². The zero-order valence-corrected chi connectivity index (χ0v) is 13.9. The molecule has 1 saturated carbocycles. The van der Waals surface area contributed by atoms with E-state index < -0.39 is 0 Å². The SMILES string of the molecule is O=C(NCCc1cccc(Cl)c1)NC1CCC2(CC1)OCCO2. The molecule has 0 radical (unpaired) electrons. The third-order valence-electron chi connectivity index (χ3n) is 4.48. The standard InChI is InChI=1S/C17H23ClN2O3/c18-14-3-1-2-13(12-14)6-9-19-16(21)20-15-4-7-17(8-5-15)22-10-11-23-17/h1-3,12,15H,4-11H2,(H2,19,20,21). The molecule has 1 heterocycles. The van der Waals surface area contributed by atoms with Crippen LogP contribution in [0.5, 0.6) is 0 Å². The summed E-state index contributed by atoms with van der Waals surface area (Å²) in [5.41, 5.74) is 1.12. The summed E-state index contributed by atoms with van der Waals surface area (Å²) < 4.78 is 11.4. The molecule has 2 N–H and O–H groups in total. The summed E-state index contributed by atoms with van der Waals surface area (Å²) in [6.07, 6.45) is 4.24. The molecule has 2 fully saturated rings. The molecule has 1 aliphatic carbocycles. The second kappa shape index (κ2) is 7.51. The van der Waals surface area contributed by atoms with Gasteiger partial charge in [-0.2, -0.15) is 0 Å². The molecule has 1 saturated heterocycles. The van der Waals surface area contributed by atoms with Gasteiger partial charge in [-0.3, -0.25) is 0 Å². The van der Waals surface area contributed by atoms with Crippen molar-refractivity contribution in [2.24, 2.45) is 0 Å². The number of nitrogens with one attached hydrogen (secondary N) is 2. The van der Waals surface area contributed by atoms with E-state index in [0.717, 1.165) is 42.7 Å². The highest BCUT2D eigenvalue weighted by molar-refractivity contribution is 6.30. The van der Waals surface area contributed by atoms with Crippen LogP contribution in [0.3, 0.4) is 0 Å². The van der Waals surface area contributed by atoms with Crippen molar-refractivity contribution >= 4 is 17.6 Å². The summed E-state index contributed by atoms with van der Waals surface area (Å²) in [6, 6.07) is 7.78.